The van der Waals surface area contributed by atoms with Crippen LogP contribution in [0.3, 0.4) is 0 Å². The van der Waals surface area contributed by atoms with E-state index in [-0.39, 0.29) is 23.0 Å². The van der Waals surface area contributed by atoms with E-state index in [1.807, 2.05) is 13.8 Å². The van der Waals surface area contributed by atoms with Gasteiger partial charge in [-0.15, -0.1) is 0 Å². The van der Waals surface area contributed by atoms with Crippen molar-refractivity contribution in [3.63, 3.8) is 0 Å². The predicted molar refractivity (Wildman–Crippen MR) is 132 cm³/mol. The molecule has 0 saturated carbocycles. The highest BCUT2D eigenvalue weighted by Crippen LogP contribution is 2.24. The van der Waals surface area contributed by atoms with Crippen molar-refractivity contribution in [3.8, 4) is 0 Å². The van der Waals surface area contributed by atoms with Gasteiger partial charge < -0.3 is 9.88 Å². The number of nitrogens with zero attached hydrogens (tertiary/aromatic N) is 3. The molecule has 1 aromatic heterocycles. The van der Waals surface area contributed by atoms with Crippen LogP contribution in [0, 0.1) is 5.82 Å². The fraction of sp³-hybridized carbons (Fsp3) is 0.440. The van der Waals surface area contributed by atoms with Gasteiger partial charge >= 0.3 is 0 Å². The van der Waals surface area contributed by atoms with Gasteiger partial charge in [0.25, 0.3) is 0 Å². The van der Waals surface area contributed by atoms with Crippen molar-refractivity contribution in [2.75, 3.05) is 19.6 Å². The van der Waals surface area contributed by atoms with Gasteiger partial charge in [0, 0.05) is 39.0 Å². The zero-order valence-corrected chi connectivity index (χ0v) is 20.9. The minimum atomic E-state index is -3.58. The number of benzene rings is 2. The van der Waals surface area contributed by atoms with Gasteiger partial charge in [0.05, 0.1) is 15.9 Å². The van der Waals surface area contributed by atoms with Crippen molar-refractivity contribution in [2.24, 2.45) is 0 Å². The number of nitrogens with one attached hydrogen (secondary N) is 1. The summed E-state index contributed by atoms with van der Waals surface area (Å²) in [4.78, 5) is 17.3. The first-order chi connectivity index (χ1) is 16.3. The number of fused-ring (bicyclic) bond motifs is 1. The van der Waals surface area contributed by atoms with Gasteiger partial charge in [0.15, 0.2) is 0 Å². The number of halogens is 1. The Kier molecular flexibility index (Phi) is 8.79. The molecule has 1 heterocycles. The summed E-state index contributed by atoms with van der Waals surface area (Å²) >= 11 is 0. The highest BCUT2D eigenvalue weighted by Gasteiger charge is 2.23. The molecular weight excluding hydrogens is 455 g/mol. The third kappa shape index (κ3) is 5.82. The second kappa shape index (κ2) is 11.6. The van der Waals surface area contributed by atoms with E-state index in [2.05, 4.69) is 21.8 Å². The second-order valence-corrected chi connectivity index (χ2v) is 10.0. The molecule has 0 unspecified atom stereocenters. The number of carbonyl (C=O) groups excluding carboxylic acids is 1. The minimum Gasteiger partial charge on any atom is -0.356 e. The largest absolute Gasteiger partial charge is 0.356 e. The van der Waals surface area contributed by atoms with E-state index < -0.39 is 10.0 Å². The Hall–Kier alpha value is -2.78. The van der Waals surface area contributed by atoms with Crippen molar-refractivity contribution in [3.05, 3.63) is 59.7 Å². The highest BCUT2D eigenvalue weighted by molar-refractivity contribution is 7.89. The van der Waals surface area contributed by atoms with Crippen LogP contribution in [0.5, 0.6) is 0 Å². The molecule has 0 fully saturated rings. The van der Waals surface area contributed by atoms with Crippen molar-refractivity contribution in [1.82, 2.24) is 19.2 Å². The zero-order chi connectivity index (χ0) is 24.7. The first kappa shape index (κ1) is 25.8. The molecule has 184 valence electrons. The standard InChI is InChI=1S/C25H33FN4O3S/c1-4-17-30-23-12-11-20(34(32,33)29(5-2)6-3)18-22(23)28-24(30)13-14-25(31)27-16-15-19-9-7-8-10-21(19)26/h7-12,18H,4-6,13-17H2,1-3H3,(H,27,31). The Morgan fingerprint density at radius 1 is 1.09 bits per heavy atom. The smallest absolute Gasteiger partial charge is 0.243 e. The van der Waals surface area contributed by atoms with Crippen LogP contribution in [0.4, 0.5) is 4.39 Å². The molecule has 0 aliphatic heterocycles. The fourth-order valence-corrected chi connectivity index (χ4v) is 5.53. The monoisotopic (exact) mass is 488 g/mol. The van der Waals surface area contributed by atoms with Crippen LogP contribution in [0.15, 0.2) is 47.4 Å². The van der Waals surface area contributed by atoms with E-state index in [4.69, 9.17) is 0 Å². The van der Waals surface area contributed by atoms with Crippen LogP contribution in [0.1, 0.15) is 45.0 Å². The Morgan fingerprint density at radius 3 is 2.50 bits per heavy atom. The average Bonchev–Trinajstić information content (AvgIpc) is 3.16. The summed E-state index contributed by atoms with van der Waals surface area (Å²) in [6, 6.07) is 11.6. The van der Waals surface area contributed by atoms with Gasteiger partial charge in [-0.2, -0.15) is 4.31 Å². The van der Waals surface area contributed by atoms with Gasteiger partial charge in [-0.1, -0.05) is 39.0 Å². The summed E-state index contributed by atoms with van der Waals surface area (Å²) in [6.07, 6.45) is 1.98. The number of carbonyl (C=O) groups is 1. The molecule has 0 atom stereocenters. The van der Waals surface area contributed by atoms with Gasteiger partial charge in [0.1, 0.15) is 11.6 Å². The van der Waals surface area contributed by atoms with Crippen LogP contribution in [0.25, 0.3) is 11.0 Å². The lowest BCUT2D eigenvalue weighted by molar-refractivity contribution is -0.121. The summed E-state index contributed by atoms with van der Waals surface area (Å²) < 4.78 is 43.0. The molecule has 7 nitrogen and oxygen atoms in total. The molecule has 0 radical (unpaired) electrons. The SMILES string of the molecule is CCCn1c(CCC(=O)NCCc2ccccc2F)nc2cc(S(=O)(=O)N(CC)CC)ccc21. The normalized spacial score (nSPS) is 11.9. The van der Waals surface area contributed by atoms with Gasteiger partial charge in [-0.3, -0.25) is 4.79 Å². The van der Waals surface area contributed by atoms with E-state index in [0.29, 0.717) is 43.6 Å². The van der Waals surface area contributed by atoms with Crippen LogP contribution >= 0.6 is 0 Å². The summed E-state index contributed by atoms with van der Waals surface area (Å²) in [5.74, 6) is 0.349. The molecule has 3 aromatic rings. The Labute approximate surface area is 201 Å². The van der Waals surface area contributed by atoms with E-state index in [1.54, 1.807) is 36.4 Å². The molecule has 0 spiro atoms. The predicted octanol–water partition coefficient (Wildman–Crippen LogP) is 3.91. The van der Waals surface area contributed by atoms with Crippen LogP contribution in [-0.4, -0.2) is 47.8 Å². The summed E-state index contributed by atoms with van der Waals surface area (Å²) in [7, 11) is -3.58. The third-order valence-corrected chi connectivity index (χ3v) is 7.89. The summed E-state index contributed by atoms with van der Waals surface area (Å²) in [5, 5.41) is 2.84. The number of aryl methyl sites for hydroxylation is 2. The quantitative estimate of drug-likeness (QED) is 0.419. The molecule has 0 saturated heterocycles. The average molecular weight is 489 g/mol. The number of amides is 1. The lowest BCUT2D eigenvalue weighted by Gasteiger charge is -2.18. The lowest BCUT2D eigenvalue weighted by Crippen LogP contribution is -2.30. The molecule has 1 N–H and O–H groups in total. The van der Waals surface area contributed by atoms with E-state index in [1.165, 1.54) is 10.4 Å². The van der Waals surface area contributed by atoms with E-state index in [0.717, 1.165) is 24.3 Å². The molecule has 3 rings (SSSR count). The fourth-order valence-electron chi connectivity index (χ4n) is 4.05. The van der Waals surface area contributed by atoms with Gasteiger partial charge in [-0.25, -0.2) is 17.8 Å². The first-order valence-corrected chi connectivity index (χ1v) is 13.2. The molecule has 0 aliphatic rings. The van der Waals surface area contributed by atoms with Crippen LogP contribution in [-0.2, 0) is 34.2 Å². The molecule has 0 bridgehead atoms. The Morgan fingerprint density at radius 2 is 1.82 bits per heavy atom. The maximum absolute atomic E-state index is 13.7. The molecule has 2 aromatic carbocycles. The van der Waals surface area contributed by atoms with Crippen molar-refractivity contribution >= 4 is 27.0 Å². The van der Waals surface area contributed by atoms with Gasteiger partial charge in [0.2, 0.25) is 15.9 Å². The lowest BCUT2D eigenvalue weighted by atomic mass is 10.1. The second-order valence-electron chi connectivity index (χ2n) is 8.11. The Bertz CT molecular complexity index is 1240. The third-order valence-electron chi connectivity index (χ3n) is 5.84. The topological polar surface area (TPSA) is 84.3 Å². The Balaban J connectivity index is 1.72. The molecule has 0 aliphatic carbocycles. The van der Waals surface area contributed by atoms with Crippen molar-refractivity contribution < 1.29 is 17.6 Å². The number of hydrogen-bond donors (Lipinski definition) is 1. The minimum absolute atomic E-state index is 0.128. The molecule has 1 amide bonds. The highest BCUT2D eigenvalue weighted by atomic mass is 32.2. The van der Waals surface area contributed by atoms with Crippen LogP contribution < -0.4 is 5.32 Å². The molecule has 34 heavy (non-hydrogen) atoms. The van der Waals surface area contributed by atoms with E-state index >= 15 is 0 Å². The van der Waals surface area contributed by atoms with Crippen LogP contribution in [0.2, 0.25) is 0 Å². The first-order valence-electron chi connectivity index (χ1n) is 11.8. The zero-order valence-electron chi connectivity index (χ0n) is 20.1. The number of imidazole rings is 1. The van der Waals surface area contributed by atoms with E-state index in [9.17, 15) is 17.6 Å². The summed E-state index contributed by atoms with van der Waals surface area (Å²) in [6.45, 7) is 7.58. The van der Waals surface area contributed by atoms with Crippen molar-refractivity contribution in [2.45, 2.75) is 57.9 Å². The number of aromatic nitrogens is 2. The maximum atomic E-state index is 13.7. The molecule has 9 heteroatoms. The maximum Gasteiger partial charge on any atom is 0.243 e. The summed E-state index contributed by atoms with van der Waals surface area (Å²) in [5.41, 5.74) is 2.04. The van der Waals surface area contributed by atoms with Crippen molar-refractivity contribution in [1.29, 1.82) is 0 Å². The van der Waals surface area contributed by atoms with Gasteiger partial charge in [-0.05, 0) is 42.7 Å². The number of rotatable bonds is 12. The molecular formula is C25H33FN4O3S. The number of hydrogen-bond acceptors (Lipinski definition) is 4. The number of sulfonamides is 1.